The van der Waals surface area contributed by atoms with Crippen molar-refractivity contribution in [2.24, 2.45) is 11.5 Å². The number of hydrogen-bond donors (Lipinski definition) is 2. The summed E-state index contributed by atoms with van der Waals surface area (Å²) in [7, 11) is 0.907. The first-order valence-electron chi connectivity index (χ1n) is 7.19. The predicted molar refractivity (Wildman–Crippen MR) is 90.5 cm³/mol. The van der Waals surface area contributed by atoms with Gasteiger partial charge in [-0.05, 0) is 37.8 Å². The minimum atomic E-state index is 0.744. The van der Waals surface area contributed by atoms with Crippen molar-refractivity contribution < 1.29 is 0 Å². The monoisotopic (exact) mass is 274 g/mol. The Morgan fingerprint density at radius 2 is 1.72 bits per heavy atom. The lowest BCUT2D eigenvalue weighted by molar-refractivity contribution is 0.706. The molecule has 0 spiro atoms. The van der Waals surface area contributed by atoms with Crippen molar-refractivity contribution in [3.05, 3.63) is 24.7 Å². The van der Waals surface area contributed by atoms with Gasteiger partial charge >= 0.3 is 0 Å². The third-order valence-electron chi connectivity index (χ3n) is 2.13. The average molecular weight is 274 g/mol. The molecular weight excluding hydrogens is 239 g/mol. The summed E-state index contributed by atoms with van der Waals surface area (Å²) in [4.78, 5) is 0. The van der Waals surface area contributed by atoms with Crippen LogP contribution in [0, 0.1) is 0 Å². The van der Waals surface area contributed by atoms with E-state index >= 15 is 0 Å². The summed E-state index contributed by atoms with van der Waals surface area (Å²) in [6, 6.07) is 0. The molecule has 0 saturated heterocycles. The molecule has 0 aliphatic rings. The third kappa shape index (κ3) is 24.8. The second-order valence-electron chi connectivity index (χ2n) is 3.63. The van der Waals surface area contributed by atoms with Crippen LogP contribution in [0.4, 0.5) is 0 Å². The third-order valence-corrected chi connectivity index (χ3v) is 3.35. The van der Waals surface area contributed by atoms with E-state index in [0.29, 0.717) is 0 Å². The largest absolute Gasteiger partial charge is 0.402 e. The summed E-state index contributed by atoms with van der Waals surface area (Å²) >= 11 is 0. The molecule has 0 bridgehead atoms. The van der Waals surface area contributed by atoms with E-state index < -0.39 is 0 Å². The van der Waals surface area contributed by atoms with E-state index in [9.17, 15) is 0 Å². The van der Waals surface area contributed by atoms with Crippen molar-refractivity contribution in [3.8, 4) is 0 Å². The molecule has 0 heterocycles. The van der Waals surface area contributed by atoms with Crippen molar-refractivity contribution in [1.29, 1.82) is 0 Å². The first kappa shape index (κ1) is 22.8. The van der Waals surface area contributed by atoms with Gasteiger partial charge in [-0.15, -0.1) is 13.2 Å². The Kier molecular flexibility index (Phi) is 32.3. The number of nitrogens with two attached hydrogens (primary N) is 2. The smallest absolute Gasteiger partial charge is 0.00832 e. The lowest BCUT2D eigenvalue weighted by Gasteiger charge is -2.00. The highest BCUT2D eigenvalue weighted by Crippen LogP contribution is 2.17. The highest BCUT2D eigenvalue weighted by molar-refractivity contribution is 7.41. The van der Waals surface area contributed by atoms with E-state index in [1.807, 2.05) is 13.8 Å². The zero-order valence-electron chi connectivity index (χ0n) is 12.8. The van der Waals surface area contributed by atoms with Crippen LogP contribution in [0.5, 0.6) is 0 Å². The molecule has 0 rings (SSSR count). The highest BCUT2D eigenvalue weighted by atomic mass is 31.1. The van der Waals surface area contributed by atoms with E-state index in [4.69, 9.17) is 11.5 Å². The molecule has 0 aromatic heterocycles. The van der Waals surface area contributed by atoms with Gasteiger partial charge in [0.15, 0.2) is 0 Å². The summed E-state index contributed by atoms with van der Waals surface area (Å²) in [5.74, 6) is 2.20. The highest BCUT2D eigenvalue weighted by Gasteiger charge is 1.90. The molecule has 3 heteroatoms. The van der Waals surface area contributed by atoms with Crippen LogP contribution in [0.25, 0.3) is 0 Å². The van der Waals surface area contributed by atoms with Crippen molar-refractivity contribution in [3.63, 3.8) is 0 Å². The van der Waals surface area contributed by atoms with Crippen molar-refractivity contribution in [1.82, 2.24) is 0 Å². The Labute approximate surface area is 117 Å². The maximum Gasteiger partial charge on any atom is 0.00832 e. The number of unbranched alkanes of at least 4 members (excludes halogenated alkanes) is 3. The van der Waals surface area contributed by atoms with Crippen LogP contribution in [0.3, 0.4) is 0 Å². The van der Waals surface area contributed by atoms with Crippen LogP contribution in [-0.4, -0.2) is 12.7 Å². The average Bonchev–Trinajstić information content (AvgIpc) is 2.45. The van der Waals surface area contributed by atoms with E-state index in [0.717, 1.165) is 33.7 Å². The quantitative estimate of drug-likeness (QED) is 0.366. The molecule has 0 fully saturated rings. The maximum atomic E-state index is 5.81. The van der Waals surface area contributed by atoms with Crippen LogP contribution in [-0.2, 0) is 0 Å². The van der Waals surface area contributed by atoms with Gasteiger partial charge in [0.2, 0.25) is 0 Å². The fourth-order valence-electron chi connectivity index (χ4n) is 1.24. The summed E-state index contributed by atoms with van der Waals surface area (Å²) in [5, 5.41) is 0. The lowest BCUT2D eigenvalue weighted by atomic mass is 10.2. The van der Waals surface area contributed by atoms with E-state index in [1.165, 1.54) is 31.8 Å². The molecule has 1 unspecified atom stereocenters. The van der Waals surface area contributed by atoms with Gasteiger partial charge in [0.05, 0.1) is 0 Å². The number of allylic oxidation sites excluding steroid dienone is 1. The van der Waals surface area contributed by atoms with E-state index in [1.54, 1.807) is 0 Å². The van der Waals surface area contributed by atoms with Gasteiger partial charge in [-0.25, -0.2) is 0 Å². The normalized spacial score (nSPS) is 10.6. The van der Waals surface area contributed by atoms with Crippen LogP contribution in [0.2, 0.25) is 0 Å². The molecule has 0 aliphatic carbocycles. The van der Waals surface area contributed by atoms with E-state index in [2.05, 4.69) is 25.9 Å². The molecule has 110 valence electrons. The Morgan fingerprint density at radius 1 is 1.11 bits per heavy atom. The molecule has 0 aromatic carbocycles. The molecule has 0 amide bonds. The zero-order chi connectivity index (χ0) is 14.6. The SMILES string of the molecule is C=C.CC.CCCCCCP/C=C(\N)CCCN. The van der Waals surface area contributed by atoms with Gasteiger partial charge in [-0.1, -0.05) is 48.6 Å². The minimum absolute atomic E-state index is 0.744. The van der Waals surface area contributed by atoms with Crippen LogP contribution in [0.1, 0.15) is 59.3 Å². The van der Waals surface area contributed by atoms with Crippen LogP contribution >= 0.6 is 8.58 Å². The molecule has 4 N–H and O–H groups in total. The number of hydrogen-bond acceptors (Lipinski definition) is 2. The first-order chi connectivity index (χ1) is 8.81. The second kappa shape index (κ2) is 25.5. The molecule has 18 heavy (non-hydrogen) atoms. The first-order valence-corrected chi connectivity index (χ1v) is 8.47. The van der Waals surface area contributed by atoms with Crippen molar-refractivity contribution in [2.75, 3.05) is 12.7 Å². The molecule has 0 radical (unpaired) electrons. The molecule has 0 aromatic rings. The molecule has 2 nitrogen and oxygen atoms in total. The molecule has 0 saturated carbocycles. The predicted octanol–water partition coefficient (Wildman–Crippen LogP) is 4.61. The van der Waals surface area contributed by atoms with Crippen molar-refractivity contribution >= 4 is 8.58 Å². The molecular formula is C15H35N2P. The topological polar surface area (TPSA) is 52.0 Å². The summed E-state index contributed by atoms with van der Waals surface area (Å²) < 4.78 is 0. The van der Waals surface area contributed by atoms with Gasteiger partial charge in [0.1, 0.15) is 0 Å². The number of rotatable bonds is 9. The summed E-state index contributed by atoms with van der Waals surface area (Å²) in [6.07, 6.45) is 8.71. The van der Waals surface area contributed by atoms with E-state index in [-0.39, 0.29) is 0 Å². The Balaban J connectivity index is -0.000000506. The molecule has 0 aliphatic heterocycles. The van der Waals surface area contributed by atoms with Gasteiger partial charge < -0.3 is 11.5 Å². The maximum absolute atomic E-state index is 5.81. The fraction of sp³-hybridized carbons (Fsp3) is 0.733. The molecule has 1 atom stereocenters. The minimum Gasteiger partial charge on any atom is -0.402 e. The van der Waals surface area contributed by atoms with Gasteiger partial charge in [-0.2, -0.15) is 0 Å². The Bertz CT molecular complexity index is 159. The van der Waals surface area contributed by atoms with Crippen LogP contribution in [0.15, 0.2) is 24.7 Å². The summed E-state index contributed by atoms with van der Waals surface area (Å²) in [5.41, 5.74) is 12.3. The Hall–Kier alpha value is -0.330. The van der Waals surface area contributed by atoms with Gasteiger partial charge in [0.25, 0.3) is 0 Å². The fourth-order valence-corrected chi connectivity index (χ4v) is 2.24. The lowest BCUT2D eigenvalue weighted by Crippen LogP contribution is -2.02. The second-order valence-corrected chi connectivity index (χ2v) is 4.82. The zero-order valence-corrected chi connectivity index (χ0v) is 13.8. The van der Waals surface area contributed by atoms with Gasteiger partial charge in [-0.3, -0.25) is 0 Å². The Morgan fingerprint density at radius 3 is 2.22 bits per heavy atom. The van der Waals surface area contributed by atoms with Crippen LogP contribution < -0.4 is 11.5 Å². The van der Waals surface area contributed by atoms with Gasteiger partial charge in [0, 0.05) is 5.70 Å². The van der Waals surface area contributed by atoms with Crippen molar-refractivity contribution in [2.45, 2.75) is 59.3 Å². The standard InChI is InChI=1S/C11H25N2P.C2H6.C2H4/c1-2-3-4-5-9-14-10-11(13)7-6-8-12;2*1-2/h10,14H,2-9,12-13H2,1H3;1-2H3;1-2H2/b11-10-;;. The summed E-state index contributed by atoms with van der Waals surface area (Å²) in [6.45, 7) is 13.0.